The molecule has 0 aromatic rings. The third kappa shape index (κ3) is 3.98. The van der Waals surface area contributed by atoms with Gasteiger partial charge < -0.3 is 14.7 Å². The Balaban J connectivity index is 2.80. The maximum Gasteiger partial charge on any atom is 0.407 e. The molecule has 1 heterocycles. The number of allylic oxidation sites excluding steroid dienone is 1. The van der Waals surface area contributed by atoms with Gasteiger partial charge in [-0.15, -0.1) is 6.58 Å². The summed E-state index contributed by atoms with van der Waals surface area (Å²) in [6.45, 7) is 9.92. The van der Waals surface area contributed by atoms with Gasteiger partial charge in [0.2, 0.25) is 0 Å². The molecule has 108 valence electrons. The van der Waals surface area contributed by atoms with E-state index < -0.39 is 17.1 Å². The van der Waals surface area contributed by atoms with Gasteiger partial charge in [0.1, 0.15) is 5.60 Å². The number of amides is 1. The van der Waals surface area contributed by atoms with Crippen molar-refractivity contribution in [3.8, 4) is 0 Å². The molecule has 0 aromatic carbocycles. The van der Waals surface area contributed by atoms with Crippen molar-refractivity contribution >= 4 is 12.1 Å². The molecule has 1 fully saturated rings. The van der Waals surface area contributed by atoms with Crippen molar-refractivity contribution in [3.63, 3.8) is 0 Å². The van der Waals surface area contributed by atoms with Crippen LogP contribution in [0.1, 0.15) is 40.0 Å². The van der Waals surface area contributed by atoms with Crippen LogP contribution >= 0.6 is 0 Å². The fourth-order valence-electron chi connectivity index (χ4n) is 2.28. The van der Waals surface area contributed by atoms with E-state index in [0.717, 1.165) is 0 Å². The molecule has 1 aliphatic heterocycles. The largest absolute Gasteiger partial charge is 0.465 e. The number of carboxylic acid groups (broad SMARTS) is 1. The van der Waals surface area contributed by atoms with E-state index in [1.807, 2.05) is 20.8 Å². The first-order valence-electron chi connectivity index (χ1n) is 6.52. The Kier molecular flexibility index (Phi) is 4.61. The number of carbonyl (C=O) groups is 2. The van der Waals surface area contributed by atoms with Gasteiger partial charge in [0.05, 0.1) is 5.41 Å². The van der Waals surface area contributed by atoms with Gasteiger partial charge in [-0.3, -0.25) is 4.79 Å². The van der Waals surface area contributed by atoms with Crippen molar-refractivity contribution in [3.05, 3.63) is 12.7 Å². The van der Waals surface area contributed by atoms with Crippen LogP contribution < -0.4 is 0 Å². The molecule has 1 N–H and O–H groups in total. The summed E-state index contributed by atoms with van der Waals surface area (Å²) in [7, 11) is 0. The van der Waals surface area contributed by atoms with Crippen molar-refractivity contribution in [1.82, 2.24) is 4.90 Å². The molecule has 0 saturated carbocycles. The molecule has 0 unspecified atom stereocenters. The minimum absolute atomic E-state index is 0.245. The number of piperidine rings is 1. The Morgan fingerprint density at radius 1 is 1.37 bits per heavy atom. The summed E-state index contributed by atoms with van der Waals surface area (Å²) in [5.41, 5.74) is -1.16. The summed E-state index contributed by atoms with van der Waals surface area (Å²) in [4.78, 5) is 24.6. The van der Waals surface area contributed by atoms with Crippen molar-refractivity contribution in [1.29, 1.82) is 0 Å². The highest BCUT2D eigenvalue weighted by Gasteiger charge is 2.43. The molecule has 0 bridgehead atoms. The van der Waals surface area contributed by atoms with Crippen molar-refractivity contribution in [2.45, 2.75) is 45.6 Å². The number of likely N-dealkylation sites (tertiary alicyclic amines) is 1. The quantitative estimate of drug-likeness (QED) is 0.632. The first-order chi connectivity index (χ1) is 8.70. The maximum atomic E-state index is 12.4. The van der Waals surface area contributed by atoms with Crippen LogP contribution in [-0.2, 0) is 9.53 Å². The number of rotatable bonds is 3. The molecule has 1 saturated heterocycles. The zero-order valence-corrected chi connectivity index (χ0v) is 11.9. The SMILES string of the molecule is C=CCC1(C(=O)OC(C)(C)C)CCN(C(=O)O)CC1. The molecule has 0 radical (unpaired) electrons. The van der Waals surface area contributed by atoms with Crippen LogP contribution in [0.3, 0.4) is 0 Å². The van der Waals surface area contributed by atoms with Gasteiger partial charge in [-0.2, -0.15) is 0 Å². The third-order valence-corrected chi connectivity index (χ3v) is 3.36. The lowest BCUT2D eigenvalue weighted by Gasteiger charge is -2.39. The number of carbonyl (C=O) groups excluding carboxylic acids is 1. The van der Waals surface area contributed by atoms with E-state index in [1.54, 1.807) is 6.08 Å². The van der Waals surface area contributed by atoms with Crippen LogP contribution in [0.5, 0.6) is 0 Å². The van der Waals surface area contributed by atoms with Crippen LogP contribution in [0.2, 0.25) is 0 Å². The molecule has 5 heteroatoms. The number of ether oxygens (including phenoxy) is 1. The Bertz CT molecular complexity index is 362. The first kappa shape index (κ1) is 15.5. The van der Waals surface area contributed by atoms with Crippen molar-refractivity contribution in [2.75, 3.05) is 13.1 Å². The molecule has 1 rings (SSSR count). The van der Waals surface area contributed by atoms with E-state index in [-0.39, 0.29) is 5.97 Å². The highest BCUT2D eigenvalue weighted by molar-refractivity contribution is 5.78. The normalized spacial score (nSPS) is 18.8. The number of esters is 1. The van der Waals surface area contributed by atoms with Gasteiger partial charge in [0, 0.05) is 13.1 Å². The standard InChI is InChI=1S/C14H23NO4/c1-5-6-14(11(16)19-13(2,3)4)7-9-15(10-8-14)12(17)18/h5H,1,6-10H2,2-4H3,(H,17,18). The van der Waals surface area contributed by atoms with E-state index in [1.165, 1.54) is 4.90 Å². The highest BCUT2D eigenvalue weighted by Crippen LogP contribution is 2.38. The van der Waals surface area contributed by atoms with Gasteiger partial charge >= 0.3 is 12.1 Å². The third-order valence-electron chi connectivity index (χ3n) is 3.36. The molecule has 0 atom stereocenters. The van der Waals surface area contributed by atoms with Crippen molar-refractivity contribution < 1.29 is 19.4 Å². The lowest BCUT2D eigenvalue weighted by Crippen LogP contribution is -2.47. The average molecular weight is 269 g/mol. The van der Waals surface area contributed by atoms with Crippen LogP contribution in [-0.4, -0.2) is 40.8 Å². The molecule has 0 spiro atoms. The van der Waals surface area contributed by atoms with Crippen LogP contribution in [0.15, 0.2) is 12.7 Å². The Morgan fingerprint density at radius 2 is 1.89 bits per heavy atom. The summed E-state index contributed by atoms with van der Waals surface area (Å²) >= 11 is 0. The Morgan fingerprint density at radius 3 is 2.26 bits per heavy atom. The van der Waals surface area contributed by atoms with E-state index in [0.29, 0.717) is 32.4 Å². The fraction of sp³-hybridized carbons (Fsp3) is 0.714. The summed E-state index contributed by atoms with van der Waals surface area (Å²) in [5, 5.41) is 8.95. The Labute approximate surface area is 114 Å². The van der Waals surface area contributed by atoms with Gasteiger partial charge in [-0.05, 0) is 40.0 Å². The second kappa shape index (κ2) is 5.63. The second-order valence-electron chi connectivity index (χ2n) is 6.04. The minimum Gasteiger partial charge on any atom is -0.465 e. The average Bonchev–Trinajstić information content (AvgIpc) is 2.27. The molecular weight excluding hydrogens is 246 g/mol. The Hall–Kier alpha value is -1.52. The molecule has 19 heavy (non-hydrogen) atoms. The predicted octanol–water partition coefficient (Wildman–Crippen LogP) is 2.66. The lowest BCUT2D eigenvalue weighted by molar-refractivity contribution is -0.170. The number of nitrogens with zero attached hydrogens (tertiary/aromatic N) is 1. The summed E-state index contributed by atoms with van der Waals surface area (Å²) < 4.78 is 5.48. The molecule has 1 aliphatic rings. The smallest absolute Gasteiger partial charge is 0.407 e. The molecule has 1 amide bonds. The van der Waals surface area contributed by atoms with E-state index >= 15 is 0 Å². The second-order valence-corrected chi connectivity index (χ2v) is 6.04. The fourth-order valence-corrected chi connectivity index (χ4v) is 2.28. The number of hydrogen-bond donors (Lipinski definition) is 1. The van der Waals surface area contributed by atoms with E-state index in [9.17, 15) is 9.59 Å². The summed E-state index contributed by atoms with van der Waals surface area (Å²) in [6.07, 6.45) is 2.27. The molecule has 0 aliphatic carbocycles. The van der Waals surface area contributed by atoms with E-state index in [2.05, 4.69) is 6.58 Å². The molecule has 5 nitrogen and oxygen atoms in total. The highest BCUT2D eigenvalue weighted by atomic mass is 16.6. The zero-order valence-electron chi connectivity index (χ0n) is 11.9. The molecule has 0 aromatic heterocycles. The van der Waals surface area contributed by atoms with E-state index in [4.69, 9.17) is 9.84 Å². The van der Waals surface area contributed by atoms with Crippen LogP contribution in [0.25, 0.3) is 0 Å². The minimum atomic E-state index is -0.934. The maximum absolute atomic E-state index is 12.4. The first-order valence-corrected chi connectivity index (χ1v) is 6.52. The van der Waals surface area contributed by atoms with Gasteiger partial charge in [0.15, 0.2) is 0 Å². The summed E-state index contributed by atoms with van der Waals surface area (Å²) in [5.74, 6) is -0.245. The van der Waals surface area contributed by atoms with Gasteiger partial charge in [-0.1, -0.05) is 6.08 Å². The number of hydrogen-bond acceptors (Lipinski definition) is 3. The lowest BCUT2D eigenvalue weighted by atomic mass is 9.75. The summed E-state index contributed by atoms with van der Waals surface area (Å²) in [6, 6.07) is 0. The van der Waals surface area contributed by atoms with Crippen LogP contribution in [0.4, 0.5) is 4.79 Å². The van der Waals surface area contributed by atoms with Gasteiger partial charge in [-0.25, -0.2) is 4.79 Å². The predicted molar refractivity (Wildman–Crippen MR) is 71.9 cm³/mol. The monoisotopic (exact) mass is 269 g/mol. The molecular formula is C14H23NO4. The van der Waals surface area contributed by atoms with Crippen LogP contribution in [0, 0.1) is 5.41 Å². The van der Waals surface area contributed by atoms with Crippen molar-refractivity contribution in [2.24, 2.45) is 5.41 Å². The topological polar surface area (TPSA) is 66.8 Å². The van der Waals surface area contributed by atoms with Gasteiger partial charge in [0.25, 0.3) is 0 Å². The zero-order chi connectivity index (χ0) is 14.7.